The second-order valence-corrected chi connectivity index (χ2v) is 13.5. The zero-order chi connectivity index (χ0) is 35.6. The molecule has 1 fully saturated rings. The number of nitrogens with zero attached hydrogens (tertiary/aromatic N) is 8. The first-order chi connectivity index (χ1) is 24.7. The zero-order valence-corrected chi connectivity index (χ0v) is 29.2. The number of amides is 2. The molecule has 3 aromatic heterocycles. The van der Waals surface area contributed by atoms with Crippen molar-refractivity contribution in [1.29, 1.82) is 0 Å². The molecule has 0 bridgehead atoms. The third-order valence-electron chi connectivity index (χ3n) is 10.2. The van der Waals surface area contributed by atoms with Gasteiger partial charge in [-0.1, -0.05) is 17.4 Å². The Morgan fingerprint density at radius 1 is 0.980 bits per heavy atom. The predicted molar refractivity (Wildman–Crippen MR) is 190 cm³/mol. The van der Waals surface area contributed by atoms with Crippen molar-refractivity contribution in [3.05, 3.63) is 77.4 Å². The maximum absolute atomic E-state index is 16.7. The number of anilines is 1. The second-order valence-electron chi connectivity index (χ2n) is 13.5. The van der Waals surface area contributed by atoms with Gasteiger partial charge in [0, 0.05) is 88.0 Å². The van der Waals surface area contributed by atoms with Crippen LogP contribution in [0.2, 0.25) is 0 Å². The largest absolute Gasteiger partial charge is 0.493 e. The number of aromatic nitrogens is 5. The van der Waals surface area contributed by atoms with E-state index in [4.69, 9.17) is 4.74 Å². The summed E-state index contributed by atoms with van der Waals surface area (Å²) in [5.74, 6) is -0.297. The van der Waals surface area contributed by atoms with Crippen LogP contribution in [0.25, 0.3) is 22.0 Å². The molecule has 12 nitrogen and oxygen atoms in total. The molecule has 0 spiro atoms. The van der Waals surface area contributed by atoms with Crippen LogP contribution >= 0.6 is 0 Å². The Balaban J connectivity index is 1.16. The van der Waals surface area contributed by atoms with E-state index in [1.165, 1.54) is 13.2 Å². The van der Waals surface area contributed by atoms with Crippen LogP contribution in [0, 0.1) is 11.6 Å². The minimum Gasteiger partial charge on any atom is -0.493 e. The Morgan fingerprint density at radius 3 is 2.51 bits per heavy atom. The highest BCUT2D eigenvalue weighted by atomic mass is 19.1. The summed E-state index contributed by atoms with van der Waals surface area (Å²) in [5, 5.41) is 8.42. The first-order valence-corrected chi connectivity index (χ1v) is 17.5. The molecule has 51 heavy (non-hydrogen) atoms. The van der Waals surface area contributed by atoms with Crippen LogP contribution in [0.3, 0.4) is 0 Å². The number of ether oxygens (including phenoxy) is 1. The van der Waals surface area contributed by atoms with Gasteiger partial charge >= 0.3 is 0 Å². The lowest BCUT2D eigenvalue weighted by atomic mass is 9.90. The van der Waals surface area contributed by atoms with Gasteiger partial charge in [0.2, 0.25) is 5.91 Å². The number of rotatable bonds is 9. The van der Waals surface area contributed by atoms with E-state index < -0.39 is 11.6 Å². The number of carbonyl (C=O) groups is 2. The fourth-order valence-corrected chi connectivity index (χ4v) is 7.24. The smallest absolute Gasteiger partial charge is 0.270 e. The van der Waals surface area contributed by atoms with Crippen molar-refractivity contribution in [3.63, 3.8) is 0 Å². The molecule has 6 heterocycles. The third kappa shape index (κ3) is 7.09. The highest BCUT2D eigenvalue weighted by Gasteiger charge is 2.29. The lowest BCUT2D eigenvalue weighted by Crippen LogP contribution is -2.49. The first kappa shape index (κ1) is 34.3. The molecule has 4 aromatic rings. The molecular weight excluding hydrogens is 656 g/mol. The zero-order valence-electron chi connectivity index (χ0n) is 29.2. The van der Waals surface area contributed by atoms with E-state index in [9.17, 15) is 14.0 Å². The van der Waals surface area contributed by atoms with Gasteiger partial charge in [-0.05, 0) is 55.5 Å². The molecule has 0 aliphatic carbocycles. The third-order valence-corrected chi connectivity index (χ3v) is 10.2. The van der Waals surface area contributed by atoms with E-state index in [0.29, 0.717) is 86.5 Å². The summed E-state index contributed by atoms with van der Waals surface area (Å²) >= 11 is 0. The van der Waals surface area contributed by atoms with Crippen LogP contribution in [-0.4, -0.2) is 117 Å². The number of halogens is 2. The molecule has 7 rings (SSSR count). The fraction of sp³-hybridized carbons (Fsp3) is 0.432. The first-order valence-electron chi connectivity index (χ1n) is 17.5. The highest BCUT2D eigenvalue weighted by molar-refractivity contribution is 6.03. The number of piperazine rings is 1. The Hall–Kier alpha value is -5.11. The van der Waals surface area contributed by atoms with E-state index in [1.54, 1.807) is 32.9 Å². The molecule has 14 heteroatoms. The predicted octanol–water partition coefficient (Wildman–Crippen LogP) is 4.61. The summed E-state index contributed by atoms with van der Waals surface area (Å²) in [6.45, 7) is 9.06. The van der Waals surface area contributed by atoms with Gasteiger partial charge in [0.25, 0.3) is 5.91 Å². The van der Waals surface area contributed by atoms with Gasteiger partial charge in [0.1, 0.15) is 11.5 Å². The van der Waals surface area contributed by atoms with Gasteiger partial charge < -0.3 is 24.4 Å². The molecule has 0 atom stereocenters. The lowest BCUT2D eigenvalue weighted by molar-refractivity contribution is -0.131. The van der Waals surface area contributed by atoms with Crippen molar-refractivity contribution in [3.8, 4) is 5.75 Å². The summed E-state index contributed by atoms with van der Waals surface area (Å²) in [7, 11) is 1.47. The molecule has 1 aromatic carbocycles. The Bertz CT molecular complexity index is 1980. The number of benzene rings is 1. The van der Waals surface area contributed by atoms with Crippen LogP contribution in [0.5, 0.6) is 5.75 Å². The number of nitrogens with one attached hydrogen (secondary N) is 1. The maximum atomic E-state index is 16.7. The van der Waals surface area contributed by atoms with E-state index in [0.717, 1.165) is 42.4 Å². The van der Waals surface area contributed by atoms with E-state index in [-0.39, 0.29) is 23.8 Å². The quantitative estimate of drug-likeness (QED) is 0.270. The summed E-state index contributed by atoms with van der Waals surface area (Å²) in [4.78, 5) is 42.4. The van der Waals surface area contributed by atoms with Crippen LogP contribution in [-0.2, 0) is 11.3 Å². The van der Waals surface area contributed by atoms with Gasteiger partial charge in [-0.25, -0.2) is 13.8 Å². The van der Waals surface area contributed by atoms with Crippen molar-refractivity contribution in [2.24, 2.45) is 0 Å². The topological polar surface area (TPSA) is 116 Å². The molecule has 3 aliphatic heterocycles. The molecule has 1 saturated heterocycles. The minimum absolute atomic E-state index is 0.0249. The fourth-order valence-electron chi connectivity index (χ4n) is 7.24. The summed E-state index contributed by atoms with van der Waals surface area (Å²) < 4.78 is 37.4. The molecule has 0 saturated carbocycles. The normalized spacial score (nSPS) is 17.3. The maximum Gasteiger partial charge on any atom is 0.270 e. The van der Waals surface area contributed by atoms with Crippen molar-refractivity contribution in [2.45, 2.75) is 45.7 Å². The van der Waals surface area contributed by atoms with Crippen molar-refractivity contribution in [1.82, 2.24) is 39.7 Å². The molecule has 0 radical (unpaired) electrons. The van der Waals surface area contributed by atoms with E-state index in [1.807, 2.05) is 17.0 Å². The number of hydrogen-bond acceptors (Lipinski definition) is 8. The Labute approximate surface area is 295 Å². The number of aromatic amines is 1. The SMILES string of the molecule is COc1cc(F)cnc1N1CCN(C(=O)c2cc3c(C4=CCN(C(C)C)CC4)cc(C4=CCCN(C(=O)CCn5ccnn5)C4)c(F)c3[nH]2)CC1. The van der Waals surface area contributed by atoms with Gasteiger partial charge in [-0.3, -0.25) is 19.2 Å². The molecule has 0 unspecified atom stereocenters. The molecule has 2 amide bonds. The number of carbonyl (C=O) groups excluding carboxylic acids is 2. The Morgan fingerprint density at radius 2 is 1.80 bits per heavy atom. The summed E-state index contributed by atoms with van der Waals surface area (Å²) in [6.07, 6.45) is 10.4. The lowest BCUT2D eigenvalue weighted by Gasteiger charge is -2.35. The van der Waals surface area contributed by atoms with Crippen molar-refractivity contribution >= 4 is 39.7 Å². The number of H-pyrrole nitrogens is 1. The second kappa shape index (κ2) is 14.6. The standard InChI is InChI=1S/C37H43F2N9O3/c1-24(2)44-11-6-25(7-12-44)28-20-29(26-5-4-10-47(23-26)33(49)8-13-48-14-9-41-43-48)34(39)35-30(28)21-31(42-35)37(50)46-17-15-45(16-18-46)36-32(51-3)19-27(38)22-40-36/h5-6,9,14,19-22,24,42H,4,7-8,10-13,15-18,23H2,1-3H3. The van der Waals surface area contributed by atoms with Gasteiger partial charge in [-0.15, -0.1) is 5.10 Å². The van der Waals surface area contributed by atoms with E-state index >= 15 is 4.39 Å². The monoisotopic (exact) mass is 699 g/mol. The van der Waals surface area contributed by atoms with E-state index in [2.05, 4.69) is 45.1 Å². The molecular formula is C37H43F2N9O3. The minimum atomic E-state index is -0.482. The van der Waals surface area contributed by atoms with Gasteiger partial charge in [0.15, 0.2) is 17.4 Å². The number of pyridine rings is 1. The van der Waals surface area contributed by atoms with Crippen LogP contribution in [0.4, 0.5) is 14.6 Å². The van der Waals surface area contributed by atoms with Crippen molar-refractivity contribution < 1.29 is 23.1 Å². The van der Waals surface area contributed by atoms with Crippen LogP contribution in [0.1, 0.15) is 54.7 Å². The number of methoxy groups -OCH3 is 1. The summed E-state index contributed by atoms with van der Waals surface area (Å²) in [5.41, 5.74) is 3.80. The van der Waals surface area contributed by atoms with Crippen LogP contribution in [0.15, 0.2) is 48.9 Å². The Kier molecular flexibility index (Phi) is 9.85. The summed E-state index contributed by atoms with van der Waals surface area (Å²) in [6, 6.07) is 5.39. The van der Waals surface area contributed by atoms with Gasteiger partial charge in [-0.2, -0.15) is 0 Å². The average molecular weight is 700 g/mol. The number of aryl methyl sites for hydroxylation is 1. The molecule has 3 aliphatic rings. The number of hydrogen-bond donors (Lipinski definition) is 1. The average Bonchev–Trinajstić information content (AvgIpc) is 3.85. The van der Waals surface area contributed by atoms with Crippen molar-refractivity contribution in [2.75, 3.05) is 64.4 Å². The highest BCUT2D eigenvalue weighted by Crippen LogP contribution is 2.37. The molecule has 1 N–H and O–H groups in total. The number of fused-ring (bicyclic) bond motifs is 1. The molecule has 268 valence electrons. The van der Waals surface area contributed by atoms with Crippen LogP contribution < -0.4 is 9.64 Å². The van der Waals surface area contributed by atoms with Gasteiger partial charge in [0.05, 0.1) is 31.6 Å².